The zero-order chi connectivity index (χ0) is 16.9. The molecule has 0 spiro atoms. The van der Waals surface area contributed by atoms with Crippen molar-refractivity contribution in [3.8, 4) is 0 Å². The molecule has 1 saturated heterocycles. The van der Waals surface area contributed by atoms with Gasteiger partial charge in [0, 0.05) is 31.5 Å². The van der Waals surface area contributed by atoms with Gasteiger partial charge in [0.2, 0.25) is 0 Å². The Hall–Kier alpha value is -2.61. The van der Waals surface area contributed by atoms with E-state index in [0.29, 0.717) is 6.54 Å². The number of likely N-dealkylation sites (tertiary alicyclic amines) is 1. The number of aromatic nitrogens is 2. The molecule has 1 aliphatic heterocycles. The van der Waals surface area contributed by atoms with Gasteiger partial charge < -0.3 is 14.4 Å². The van der Waals surface area contributed by atoms with Gasteiger partial charge in [0.25, 0.3) is 0 Å². The van der Waals surface area contributed by atoms with Gasteiger partial charge in [-0.15, -0.1) is 0 Å². The van der Waals surface area contributed by atoms with Crippen LogP contribution in [0.1, 0.15) is 24.6 Å². The summed E-state index contributed by atoms with van der Waals surface area (Å²) < 4.78 is 6.66. The Kier molecular flexibility index (Phi) is 4.95. The number of amides is 2. The van der Waals surface area contributed by atoms with Crippen molar-refractivity contribution in [2.75, 3.05) is 25.0 Å². The average Bonchev–Trinajstić information content (AvgIpc) is 3.31. The molecule has 2 amide bonds. The lowest BCUT2D eigenvalue weighted by molar-refractivity contribution is -0.136. The van der Waals surface area contributed by atoms with Crippen LogP contribution in [0.25, 0.3) is 0 Å². The molecule has 3 rings (SSSR count). The van der Waals surface area contributed by atoms with Crippen molar-refractivity contribution in [2.24, 2.45) is 7.05 Å². The third-order valence-corrected chi connectivity index (χ3v) is 4.25. The lowest BCUT2D eigenvalue weighted by Crippen LogP contribution is -2.41. The van der Waals surface area contributed by atoms with Gasteiger partial charge in [0.15, 0.2) is 5.82 Å². The number of hydrogen-bond donors (Lipinski definition) is 2. The third kappa shape index (κ3) is 3.65. The highest BCUT2D eigenvalue weighted by Gasteiger charge is 2.26. The van der Waals surface area contributed by atoms with Crippen LogP contribution in [0.2, 0.25) is 0 Å². The molecular weight excluding hydrogens is 310 g/mol. The normalized spacial score (nSPS) is 16.0. The summed E-state index contributed by atoms with van der Waals surface area (Å²) in [6.45, 7) is 2.37. The molecule has 0 unspecified atom stereocenters. The molecule has 24 heavy (non-hydrogen) atoms. The van der Waals surface area contributed by atoms with Crippen molar-refractivity contribution < 1.29 is 14.1 Å². The monoisotopic (exact) mass is 331 g/mol. The van der Waals surface area contributed by atoms with Gasteiger partial charge in [0.05, 0.1) is 6.04 Å². The molecule has 0 aromatic carbocycles. The molecule has 128 valence electrons. The number of rotatable bonds is 5. The average molecular weight is 331 g/mol. The third-order valence-electron chi connectivity index (χ3n) is 4.25. The van der Waals surface area contributed by atoms with Crippen molar-refractivity contribution in [2.45, 2.75) is 18.9 Å². The summed E-state index contributed by atoms with van der Waals surface area (Å²) in [6, 6.07) is 5.56. The highest BCUT2D eigenvalue weighted by atomic mass is 16.5. The summed E-state index contributed by atoms with van der Waals surface area (Å²) in [6.07, 6.45) is 5.62. The maximum absolute atomic E-state index is 12.0. The van der Waals surface area contributed by atoms with Gasteiger partial charge in [-0.05, 0) is 38.1 Å². The summed E-state index contributed by atoms with van der Waals surface area (Å²) >= 11 is 0. The van der Waals surface area contributed by atoms with E-state index in [9.17, 15) is 9.59 Å². The van der Waals surface area contributed by atoms with Gasteiger partial charge in [-0.1, -0.05) is 5.16 Å². The number of nitrogens with one attached hydrogen (secondary N) is 2. The maximum atomic E-state index is 12.0. The van der Waals surface area contributed by atoms with E-state index in [-0.39, 0.29) is 11.9 Å². The minimum Gasteiger partial charge on any atom is -0.363 e. The lowest BCUT2D eigenvalue weighted by Gasteiger charge is -2.28. The first-order chi connectivity index (χ1) is 11.6. The number of hydrogen-bond acceptors (Lipinski definition) is 5. The predicted molar refractivity (Wildman–Crippen MR) is 87.1 cm³/mol. The van der Waals surface area contributed by atoms with E-state index >= 15 is 0 Å². The topological polar surface area (TPSA) is 92.4 Å². The zero-order valence-electron chi connectivity index (χ0n) is 13.6. The Balaban J connectivity index is 1.61. The molecule has 2 aromatic heterocycles. The molecule has 8 heteroatoms. The number of aryl methyl sites for hydroxylation is 1. The van der Waals surface area contributed by atoms with E-state index in [4.69, 9.17) is 0 Å². The van der Waals surface area contributed by atoms with Gasteiger partial charge in [0.1, 0.15) is 6.26 Å². The molecule has 8 nitrogen and oxygen atoms in total. The molecule has 0 saturated carbocycles. The Morgan fingerprint density at radius 2 is 2.08 bits per heavy atom. The van der Waals surface area contributed by atoms with E-state index in [1.54, 1.807) is 0 Å². The van der Waals surface area contributed by atoms with Crippen LogP contribution in [0.3, 0.4) is 0 Å². The minimum absolute atomic E-state index is 0.0521. The summed E-state index contributed by atoms with van der Waals surface area (Å²) in [5.74, 6) is -1.22. The van der Waals surface area contributed by atoms with Crippen molar-refractivity contribution in [1.29, 1.82) is 0 Å². The molecular formula is C16H21N5O3. The Bertz CT molecular complexity index is 688. The first-order valence-corrected chi connectivity index (χ1v) is 8.00. The lowest BCUT2D eigenvalue weighted by atomic mass is 10.1. The first-order valence-electron chi connectivity index (χ1n) is 8.00. The molecule has 1 fully saturated rings. The quantitative estimate of drug-likeness (QED) is 0.794. The minimum atomic E-state index is -0.754. The second-order valence-corrected chi connectivity index (χ2v) is 5.85. The van der Waals surface area contributed by atoms with Crippen LogP contribution in [-0.4, -0.2) is 46.1 Å². The largest absolute Gasteiger partial charge is 0.363 e. The Morgan fingerprint density at radius 3 is 2.71 bits per heavy atom. The van der Waals surface area contributed by atoms with Gasteiger partial charge in [-0.25, -0.2) is 0 Å². The second kappa shape index (κ2) is 7.31. The van der Waals surface area contributed by atoms with Gasteiger partial charge in [-0.3, -0.25) is 19.8 Å². The number of carbonyl (C=O) groups excluding carboxylic acids is 2. The highest BCUT2D eigenvalue weighted by molar-refractivity contribution is 6.39. The van der Waals surface area contributed by atoms with Crippen LogP contribution in [0.5, 0.6) is 0 Å². The van der Waals surface area contributed by atoms with Crippen molar-refractivity contribution in [1.82, 2.24) is 19.9 Å². The Morgan fingerprint density at radius 1 is 1.29 bits per heavy atom. The summed E-state index contributed by atoms with van der Waals surface area (Å²) in [7, 11) is 1.98. The molecule has 3 heterocycles. The fourth-order valence-corrected chi connectivity index (χ4v) is 3.01. The molecule has 2 aromatic rings. The van der Waals surface area contributed by atoms with E-state index in [1.807, 2.05) is 29.9 Å². The smallest absolute Gasteiger partial charge is 0.314 e. The molecule has 1 atom stereocenters. The fourth-order valence-electron chi connectivity index (χ4n) is 3.01. The number of carbonyl (C=O) groups is 2. The molecule has 0 aliphatic carbocycles. The number of anilines is 1. The zero-order valence-corrected chi connectivity index (χ0v) is 13.6. The van der Waals surface area contributed by atoms with Crippen LogP contribution >= 0.6 is 0 Å². The Labute approximate surface area is 139 Å². The van der Waals surface area contributed by atoms with Crippen LogP contribution in [-0.2, 0) is 16.6 Å². The van der Waals surface area contributed by atoms with Crippen molar-refractivity contribution in [3.63, 3.8) is 0 Å². The molecule has 2 N–H and O–H groups in total. The van der Waals surface area contributed by atoms with Crippen LogP contribution in [0.4, 0.5) is 5.82 Å². The first kappa shape index (κ1) is 16.3. The number of nitrogens with zero attached hydrogens (tertiary/aromatic N) is 3. The molecule has 0 bridgehead atoms. The fraction of sp³-hybridized carbons (Fsp3) is 0.438. The van der Waals surface area contributed by atoms with E-state index in [1.165, 1.54) is 12.3 Å². The van der Waals surface area contributed by atoms with Crippen LogP contribution in [0, 0.1) is 0 Å². The van der Waals surface area contributed by atoms with Crippen molar-refractivity contribution >= 4 is 17.6 Å². The van der Waals surface area contributed by atoms with E-state index in [2.05, 4.69) is 25.2 Å². The van der Waals surface area contributed by atoms with Gasteiger partial charge in [-0.2, -0.15) is 0 Å². The summed E-state index contributed by atoms with van der Waals surface area (Å²) in [5, 5.41) is 8.66. The standard InChI is InChI=1S/C16H21N5O3/c1-20-7-4-5-12(20)13(21-8-2-3-9-21)11-17-15(22)16(23)18-14-6-10-24-19-14/h4-7,10,13H,2-3,8-9,11H2,1H3,(H,17,22)(H,18,19,23)/t13-/m0/s1. The second-order valence-electron chi connectivity index (χ2n) is 5.85. The highest BCUT2D eigenvalue weighted by Crippen LogP contribution is 2.24. The maximum Gasteiger partial charge on any atom is 0.314 e. The SMILES string of the molecule is Cn1cccc1[C@H](CNC(=O)C(=O)Nc1ccon1)N1CCCC1. The van der Waals surface area contributed by atoms with E-state index in [0.717, 1.165) is 31.6 Å². The molecule has 1 aliphatic rings. The predicted octanol–water partition coefficient (Wildman–Crippen LogP) is 0.905. The summed E-state index contributed by atoms with van der Waals surface area (Å²) in [4.78, 5) is 26.2. The van der Waals surface area contributed by atoms with E-state index < -0.39 is 11.8 Å². The molecule has 0 radical (unpaired) electrons. The van der Waals surface area contributed by atoms with Crippen LogP contribution in [0.15, 0.2) is 35.2 Å². The van der Waals surface area contributed by atoms with Crippen molar-refractivity contribution in [3.05, 3.63) is 36.4 Å². The summed E-state index contributed by atoms with van der Waals surface area (Å²) in [5.41, 5.74) is 1.12. The van der Waals surface area contributed by atoms with Crippen LogP contribution < -0.4 is 10.6 Å². The van der Waals surface area contributed by atoms with Gasteiger partial charge >= 0.3 is 11.8 Å².